The molecule has 126 valence electrons. The minimum atomic E-state index is -0.629. The maximum Gasteiger partial charge on any atom is 0.250 e. The van der Waals surface area contributed by atoms with E-state index < -0.39 is 5.91 Å². The summed E-state index contributed by atoms with van der Waals surface area (Å²) in [6.07, 6.45) is 0.574. The van der Waals surface area contributed by atoms with Crippen LogP contribution in [0.1, 0.15) is 21.6 Å². The van der Waals surface area contributed by atoms with Crippen molar-refractivity contribution < 1.29 is 4.79 Å². The number of amides is 1. The van der Waals surface area contributed by atoms with Crippen LogP contribution in [0.15, 0.2) is 53.3 Å². The molecular weight excluding hydrogens is 340 g/mol. The van der Waals surface area contributed by atoms with Crippen molar-refractivity contribution in [3.8, 4) is 11.4 Å². The van der Waals surface area contributed by atoms with E-state index >= 15 is 0 Å². The topological polar surface area (TPSA) is 90.9 Å². The molecule has 0 aliphatic carbocycles. The van der Waals surface area contributed by atoms with Gasteiger partial charge in [0.1, 0.15) is 5.69 Å². The van der Waals surface area contributed by atoms with Crippen LogP contribution in [0.4, 0.5) is 0 Å². The largest absolute Gasteiger partial charge is 0.366 e. The molecule has 0 aliphatic rings. The lowest BCUT2D eigenvalue weighted by Gasteiger charge is -2.11. The van der Waals surface area contributed by atoms with Crippen molar-refractivity contribution in [3.05, 3.63) is 80.7 Å². The fourth-order valence-corrected chi connectivity index (χ4v) is 2.79. The average molecular weight is 355 g/mol. The second-order valence-corrected chi connectivity index (χ2v) is 6.01. The summed E-state index contributed by atoms with van der Waals surface area (Å²) in [7, 11) is 1.56. The second-order valence-electron chi connectivity index (χ2n) is 5.57. The van der Waals surface area contributed by atoms with Crippen LogP contribution < -0.4 is 11.3 Å². The minimum Gasteiger partial charge on any atom is -0.366 e. The van der Waals surface area contributed by atoms with Crippen molar-refractivity contribution in [3.63, 3.8) is 0 Å². The van der Waals surface area contributed by atoms with Gasteiger partial charge in [-0.25, -0.2) is 0 Å². The Kier molecular flexibility index (Phi) is 4.63. The zero-order valence-electron chi connectivity index (χ0n) is 13.4. The van der Waals surface area contributed by atoms with E-state index in [4.69, 9.17) is 17.3 Å². The van der Waals surface area contributed by atoms with Gasteiger partial charge in [0.15, 0.2) is 0 Å². The van der Waals surface area contributed by atoms with Crippen molar-refractivity contribution >= 4 is 17.5 Å². The Morgan fingerprint density at radius 1 is 1.16 bits per heavy atom. The molecule has 0 radical (unpaired) electrons. The van der Waals surface area contributed by atoms with Gasteiger partial charge in [0, 0.05) is 24.6 Å². The number of carbonyl (C=O) groups excluding carboxylic acids is 1. The summed E-state index contributed by atoms with van der Waals surface area (Å²) in [4.78, 5) is 23.5. The Balaban J connectivity index is 1.97. The normalized spacial score (nSPS) is 10.6. The molecule has 2 heterocycles. The molecular formula is C18H15ClN4O2. The Labute approximate surface area is 148 Å². The van der Waals surface area contributed by atoms with E-state index in [2.05, 4.69) is 10.2 Å². The first kappa shape index (κ1) is 16.9. The van der Waals surface area contributed by atoms with Gasteiger partial charge in [-0.05, 0) is 35.9 Å². The molecule has 0 unspecified atom stereocenters. The van der Waals surface area contributed by atoms with Crippen LogP contribution in [0, 0.1) is 0 Å². The molecule has 0 saturated carbocycles. The molecule has 3 aromatic rings. The Hall–Kier alpha value is -2.99. The van der Waals surface area contributed by atoms with E-state index in [-0.39, 0.29) is 11.1 Å². The van der Waals surface area contributed by atoms with E-state index in [1.165, 1.54) is 16.7 Å². The number of nitrogens with zero attached hydrogens (tertiary/aromatic N) is 3. The SMILES string of the molecule is Cn1c(-c2ccc(Cc3cccc(Cl)c3)nn2)c(C(N)=O)ccc1=O. The average Bonchev–Trinajstić information content (AvgIpc) is 2.58. The summed E-state index contributed by atoms with van der Waals surface area (Å²) in [5, 5.41) is 9.01. The lowest BCUT2D eigenvalue weighted by molar-refractivity contribution is 0.1000. The van der Waals surface area contributed by atoms with Crippen LogP contribution in [0.25, 0.3) is 11.4 Å². The highest BCUT2D eigenvalue weighted by atomic mass is 35.5. The Morgan fingerprint density at radius 2 is 1.96 bits per heavy atom. The number of hydrogen-bond acceptors (Lipinski definition) is 4. The van der Waals surface area contributed by atoms with E-state index in [1.54, 1.807) is 25.2 Å². The fourth-order valence-electron chi connectivity index (χ4n) is 2.58. The van der Waals surface area contributed by atoms with Gasteiger partial charge in [0.2, 0.25) is 0 Å². The first-order chi connectivity index (χ1) is 12.0. The highest BCUT2D eigenvalue weighted by Crippen LogP contribution is 2.20. The Morgan fingerprint density at radius 3 is 2.60 bits per heavy atom. The van der Waals surface area contributed by atoms with E-state index in [9.17, 15) is 9.59 Å². The lowest BCUT2D eigenvalue weighted by Crippen LogP contribution is -2.23. The molecule has 0 fully saturated rings. The zero-order chi connectivity index (χ0) is 18.0. The minimum absolute atomic E-state index is 0.221. The van der Waals surface area contributed by atoms with Gasteiger partial charge in [-0.3, -0.25) is 9.59 Å². The van der Waals surface area contributed by atoms with Gasteiger partial charge in [-0.2, -0.15) is 5.10 Å². The first-order valence-corrected chi connectivity index (χ1v) is 7.91. The number of rotatable bonds is 4. The summed E-state index contributed by atoms with van der Waals surface area (Å²) in [5.74, 6) is -0.629. The number of aromatic nitrogens is 3. The molecule has 0 spiro atoms. The predicted molar refractivity (Wildman–Crippen MR) is 95.5 cm³/mol. The number of nitrogens with two attached hydrogens (primary N) is 1. The third-order valence-corrected chi connectivity index (χ3v) is 4.05. The number of hydrogen-bond donors (Lipinski definition) is 1. The molecule has 0 saturated heterocycles. The molecule has 0 aliphatic heterocycles. The molecule has 25 heavy (non-hydrogen) atoms. The molecule has 2 aromatic heterocycles. The van der Waals surface area contributed by atoms with Crippen molar-refractivity contribution in [1.29, 1.82) is 0 Å². The molecule has 2 N–H and O–H groups in total. The summed E-state index contributed by atoms with van der Waals surface area (Å²) in [6.45, 7) is 0. The van der Waals surface area contributed by atoms with Crippen molar-refractivity contribution in [2.45, 2.75) is 6.42 Å². The fraction of sp³-hybridized carbons (Fsp3) is 0.111. The molecule has 7 heteroatoms. The standard InChI is InChI=1S/C18H15ClN4O2/c1-23-16(24)8-6-14(18(20)25)17(23)15-7-5-13(21-22-15)10-11-3-2-4-12(19)9-11/h2-9H,10H2,1H3,(H2,20,25). The van der Waals surface area contributed by atoms with Gasteiger partial charge < -0.3 is 10.3 Å². The third kappa shape index (κ3) is 3.59. The van der Waals surface area contributed by atoms with Crippen LogP contribution in [-0.4, -0.2) is 20.7 Å². The van der Waals surface area contributed by atoms with Gasteiger partial charge in [0.05, 0.1) is 17.0 Å². The van der Waals surface area contributed by atoms with Gasteiger partial charge in [0.25, 0.3) is 11.5 Å². The van der Waals surface area contributed by atoms with Gasteiger partial charge in [-0.15, -0.1) is 5.10 Å². The van der Waals surface area contributed by atoms with E-state index in [0.29, 0.717) is 22.8 Å². The molecule has 6 nitrogen and oxygen atoms in total. The molecule has 1 aromatic carbocycles. The molecule has 3 rings (SSSR count). The zero-order valence-corrected chi connectivity index (χ0v) is 14.2. The highest BCUT2D eigenvalue weighted by Gasteiger charge is 2.15. The van der Waals surface area contributed by atoms with Crippen molar-refractivity contribution in [2.24, 2.45) is 12.8 Å². The number of benzene rings is 1. The van der Waals surface area contributed by atoms with E-state index in [0.717, 1.165) is 11.3 Å². The quantitative estimate of drug-likeness (QED) is 0.777. The number of carbonyl (C=O) groups is 1. The monoisotopic (exact) mass is 354 g/mol. The van der Waals surface area contributed by atoms with Crippen LogP contribution in [-0.2, 0) is 13.5 Å². The maximum atomic E-state index is 11.9. The van der Waals surface area contributed by atoms with E-state index in [1.807, 2.05) is 18.2 Å². The molecule has 0 atom stereocenters. The smallest absolute Gasteiger partial charge is 0.250 e. The number of pyridine rings is 1. The molecule has 1 amide bonds. The Bertz CT molecular complexity index is 997. The lowest BCUT2D eigenvalue weighted by atomic mass is 10.1. The van der Waals surface area contributed by atoms with Gasteiger partial charge in [-0.1, -0.05) is 23.7 Å². The summed E-state index contributed by atoms with van der Waals surface area (Å²) >= 11 is 5.98. The van der Waals surface area contributed by atoms with Crippen LogP contribution >= 0.6 is 11.6 Å². The van der Waals surface area contributed by atoms with Crippen molar-refractivity contribution in [1.82, 2.24) is 14.8 Å². The predicted octanol–water partition coefficient (Wildman–Crippen LogP) is 2.19. The van der Waals surface area contributed by atoms with Crippen LogP contribution in [0.3, 0.4) is 0 Å². The van der Waals surface area contributed by atoms with Gasteiger partial charge >= 0.3 is 0 Å². The summed E-state index contributed by atoms with van der Waals surface area (Å²) in [5.41, 5.74) is 7.88. The van der Waals surface area contributed by atoms with Crippen molar-refractivity contribution in [2.75, 3.05) is 0 Å². The number of halogens is 1. The third-order valence-electron chi connectivity index (χ3n) is 3.82. The summed E-state index contributed by atoms with van der Waals surface area (Å²) < 4.78 is 1.33. The first-order valence-electron chi connectivity index (χ1n) is 7.53. The highest BCUT2D eigenvalue weighted by molar-refractivity contribution is 6.30. The van der Waals surface area contributed by atoms with Crippen LogP contribution in [0.5, 0.6) is 0 Å². The number of primary amides is 1. The molecule has 0 bridgehead atoms. The maximum absolute atomic E-state index is 11.9. The van der Waals surface area contributed by atoms with Crippen LogP contribution in [0.2, 0.25) is 5.02 Å². The summed E-state index contributed by atoms with van der Waals surface area (Å²) in [6, 6.07) is 13.7. The second kappa shape index (κ2) is 6.86.